The van der Waals surface area contributed by atoms with E-state index in [4.69, 9.17) is 0 Å². The average Bonchev–Trinajstić information content (AvgIpc) is 1.83. The van der Waals surface area contributed by atoms with E-state index in [9.17, 15) is 0 Å². The first-order chi connectivity index (χ1) is 3.85. The van der Waals surface area contributed by atoms with Gasteiger partial charge in [0, 0.05) is 0 Å². The molecule has 0 heterocycles. The van der Waals surface area contributed by atoms with Crippen molar-refractivity contribution < 1.29 is 0 Å². The molecular formula is C6H15BS. The third kappa shape index (κ3) is 3.42. The summed E-state index contributed by atoms with van der Waals surface area (Å²) in [6.45, 7) is 4.46. The van der Waals surface area contributed by atoms with Gasteiger partial charge in [0.05, 0.1) is 0 Å². The fraction of sp³-hybridized carbons (Fsp3) is 1.00. The molecule has 0 spiro atoms. The van der Waals surface area contributed by atoms with Crippen LogP contribution in [0.3, 0.4) is 0 Å². The van der Waals surface area contributed by atoms with E-state index in [1.54, 1.807) is 0 Å². The molecule has 1 unspecified atom stereocenters. The highest BCUT2D eigenvalue weighted by Gasteiger charge is 2.00. The molecule has 48 valence electrons. The summed E-state index contributed by atoms with van der Waals surface area (Å²) in [5.74, 6) is 1.92. The molecule has 2 heteroatoms. The standard InChI is InChI=1S/C6H15BS/c1-3-4-6(5-8)7-2/h6-8H,3-5H2,1-2H3. The van der Waals surface area contributed by atoms with Gasteiger partial charge in [-0.15, -0.1) is 0 Å². The summed E-state index contributed by atoms with van der Waals surface area (Å²) in [7, 11) is 1.29. The van der Waals surface area contributed by atoms with Gasteiger partial charge in [0.25, 0.3) is 0 Å². The van der Waals surface area contributed by atoms with Crippen LogP contribution in [0.2, 0.25) is 12.6 Å². The van der Waals surface area contributed by atoms with Crippen LogP contribution in [0.5, 0.6) is 0 Å². The third-order valence-electron chi connectivity index (χ3n) is 1.53. The second-order valence-corrected chi connectivity index (χ2v) is 2.61. The Morgan fingerprint density at radius 2 is 2.25 bits per heavy atom. The minimum Gasteiger partial charge on any atom is -0.180 e. The van der Waals surface area contributed by atoms with E-state index in [2.05, 4.69) is 26.4 Å². The van der Waals surface area contributed by atoms with Gasteiger partial charge >= 0.3 is 0 Å². The minimum atomic E-state index is 0.864. The second kappa shape index (κ2) is 5.55. The quantitative estimate of drug-likeness (QED) is 0.436. The van der Waals surface area contributed by atoms with E-state index in [0.29, 0.717) is 0 Å². The Morgan fingerprint density at radius 3 is 2.38 bits per heavy atom. The predicted molar refractivity (Wildman–Crippen MR) is 45.5 cm³/mol. The fourth-order valence-corrected chi connectivity index (χ4v) is 1.27. The summed E-state index contributed by atoms with van der Waals surface area (Å²) in [6.07, 6.45) is 2.65. The minimum absolute atomic E-state index is 0.864. The molecule has 0 aromatic rings. The third-order valence-corrected chi connectivity index (χ3v) is 2.05. The van der Waals surface area contributed by atoms with Gasteiger partial charge in [0.1, 0.15) is 7.28 Å². The van der Waals surface area contributed by atoms with Gasteiger partial charge in [-0.1, -0.05) is 32.4 Å². The van der Waals surface area contributed by atoms with Gasteiger partial charge in [0.15, 0.2) is 0 Å². The summed E-state index contributed by atoms with van der Waals surface area (Å²) in [4.78, 5) is 0. The summed E-state index contributed by atoms with van der Waals surface area (Å²) in [5.41, 5.74) is 0. The van der Waals surface area contributed by atoms with Crippen molar-refractivity contribution in [3.63, 3.8) is 0 Å². The maximum atomic E-state index is 4.23. The lowest BCUT2D eigenvalue weighted by atomic mass is 9.66. The summed E-state index contributed by atoms with van der Waals surface area (Å²) in [5, 5.41) is 0. The fourth-order valence-electron chi connectivity index (χ4n) is 0.833. The zero-order valence-electron chi connectivity index (χ0n) is 5.85. The van der Waals surface area contributed by atoms with Gasteiger partial charge in [0.2, 0.25) is 0 Å². The molecule has 0 bridgehead atoms. The second-order valence-electron chi connectivity index (χ2n) is 2.25. The largest absolute Gasteiger partial charge is 0.180 e. The zero-order chi connectivity index (χ0) is 6.41. The van der Waals surface area contributed by atoms with E-state index in [1.165, 1.54) is 20.1 Å². The molecule has 0 fully saturated rings. The van der Waals surface area contributed by atoms with Crippen molar-refractivity contribution in [2.24, 2.45) is 0 Å². The first-order valence-electron chi connectivity index (χ1n) is 3.46. The van der Waals surface area contributed by atoms with Crippen LogP contribution in [0, 0.1) is 0 Å². The molecule has 0 amide bonds. The Labute approximate surface area is 58.7 Å². The lowest BCUT2D eigenvalue weighted by Crippen LogP contribution is -2.00. The lowest BCUT2D eigenvalue weighted by Gasteiger charge is -2.06. The maximum absolute atomic E-state index is 4.23. The number of thiol groups is 1. The molecule has 0 aliphatic carbocycles. The highest BCUT2D eigenvalue weighted by molar-refractivity contribution is 7.80. The van der Waals surface area contributed by atoms with E-state index in [0.717, 1.165) is 11.6 Å². The van der Waals surface area contributed by atoms with Gasteiger partial charge in [-0.2, -0.15) is 12.6 Å². The van der Waals surface area contributed by atoms with Crippen molar-refractivity contribution in [3.8, 4) is 0 Å². The highest BCUT2D eigenvalue weighted by atomic mass is 32.1. The molecule has 0 aliphatic rings. The number of rotatable bonds is 4. The van der Waals surface area contributed by atoms with Gasteiger partial charge in [-0.05, 0) is 5.75 Å². The molecule has 0 saturated heterocycles. The smallest absolute Gasteiger partial charge is 0.122 e. The Hall–Kier alpha value is 0.415. The molecule has 0 aromatic heterocycles. The van der Waals surface area contributed by atoms with Crippen LogP contribution in [0.4, 0.5) is 0 Å². The summed E-state index contributed by atoms with van der Waals surface area (Å²) in [6, 6.07) is 0. The van der Waals surface area contributed by atoms with Crippen molar-refractivity contribution >= 4 is 19.9 Å². The molecule has 0 radical (unpaired) electrons. The topological polar surface area (TPSA) is 0 Å². The molecule has 0 N–H and O–H groups in total. The molecule has 0 aromatic carbocycles. The first kappa shape index (κ1) is 8.41. The predicted octanol–water partition coefficient (Wildman–Crippen LogP) is 1.99. The summed E-state index contributed by atoms with van der Waals surface area (Å²) >= 11 is 4.23. The monoisotopic (exact) mass is 130 g/mol. The van der Waals surface area contributed by atoms with Crippen LogP contribution < -0.4 is 0 Å². The van der Waals surface area contributed by atoms with Crippen molar-refractivity contribution in [3.05, 3.63) is 0 Å². The van der Waals surface area contributed by atoms with Crippen LogP contribution in [-0.4, -0.2) is 13.0 Å². The Kier molecular flexibility index (Phi) is 5.84. The molecule has 1 atom stereocenters. The van der Waals surface area contributed by atoms with Gasteiger partial charge in [-0.25, -0.2) is 0 Å². The summed E-state index contributed by atoms with van der Waals surface area (Å²) < 4.78 is 0. The van der Waals surface area contributed by atoms with E-state index < -0.39 is 0 Å². The van der Waals surface area contributed by atoms with Crippen LogP contribution >= 0.6 is 12.6 Å². The molecule has 0 nitrogen and oxygen atoms in total. The normalized spacial score (nSPS) is 13.4. The van der Waals surface area contributed by atoms with Crippen LogP contribution in [0.25, 0.3) is 0 Å². The van der Waals surface area contributed by atoms with Crippen LogP contribution in [-0.2, 0) is 0 Å². The Bertz CT molecular complexity index is 43.8. The van der Waals surface area contributed by atoms with Crippen molar-refractivity contribution in [2.45, 2.75) is 32.4 Å². The Balaban J connectivity index is 3.07. The number of hydrogen-bond donors (Lipinski definition) is 1. The van der Waals surface area contributed by atoms with Gasteiger partial charge in [-0.3, -0.25) is 0 Å². The average molecular weight is 130 g/mol. The first-order valence-corrected chi connectivity index (χ1v) is 4.09. The molecule has 0 rings (SSSR count). The number of hydrogen-bond acceptors (Lipinski definition) is 1. The van der Waals surface area contributed by atoms with Crippen molar-refractivity contribution in [2.75, 3.05) is 5.75 Å². The van der Waals surface area contributed by atoms with Crippen LogP contribution in [0.1, 0.15) is 19.8 Å². The van der Waals surface area contributed by atoms with Crippen molar-refractivity contribution in [1.82, 2.24) is 0 Å². The molecule has 0 aliphatic heterocycles. The van der Waals surface area contributed by atoms with E-state index >= 15 is 0 Å². The Morgan fingerprint density at radius 1 is 1.62 bits per heavy atom. The van der Waals surface area contributed by atoms with Crippen LogP contribution in [0.15, 0.2) is 0 Å². The highest BCUT2D eigenvalue weighted by Crippen LogP contribution is 2.12. The van der Waals surface area contributed by atoms with Gasteiger partial charge < -0.3 is 0 Å². The van der Waals surface area contributed by atoms with E-state index in [-0.39, 0.29) is 0 Å². The molecule has 8 heavy (non-hydrogen) atoms. The SMILES string of the molecule is CBC(CS)CCC. The molecular weight excluding hydrogens is 115 g/mol. The maximum Gasteiger partial charge on any atom is 0.122 e. The van der Waals surface area contributed by atoms with Crippen molar-refractivity contribution in [1.29, 1.82) is 0 Å². The lowest BCUT2D eigenvalue weighted by molar-refractivity contribution is 0.771. The van der Waals surface area contributed by atoms with E-state index in [1.807, 2.05) is 0 Å². The molecule has 0 saturated carbocycles. The zero-order valence-corrected chi connectivity index (χ0v) is 6.75.